The molecule has 0 amide bonds. The molecule has 2 atom stereocenters. The van der Waals surface area contributed by atoms with Crippen molar-refractivity contribution in [3.8, 4) is 0 Å². The average molecular weight is 328 g/mol. The van der Waals surface area contributed by atoms with E-state index >= 15 is 0 Å². The summed E-state index contributed by atoms with van der Waals surface area (Å²) in [5.41, 5.74) is 1.19. The Morgan fingerprint density at radius 3 is 2.74 bits per heavy atom. The van der Waals surface area contributed by atoms with Crippen LogP contribution in [0.25, 0.3) is 0 Å². The van der Waals surface area contributed by atoms with E-state index in [9.17, 15) is 0 Å². The molecule has 1 aromatic carbocycles. The van der Waals surface area contributed by atoms with Crippen molar-refractivity contribution in [2.24, 2.45) is 0 Å². The van der Waals surface area contributed by atoms with Crippen molar-refractivity contribution in [2.45, 2.75) is 38.0 Å². The molecule has 106 valence electrons. The zero-order valence-electron chi connectivity index (χ0n) is 11.6. The SMILES string of the molecule is COCC(C)OC(CNC1CC1)c1ccccc1Br. The first-order chi connectivity index (χ1) is 9.20. The Morgan fingerprint density at radius 1 is 1.37 bits per heavy atom. The summed E-state index contributed by atoms with van der Waals surface area (Å²) in [4.78, 5) is 0. The van der Waals surface area contributed by atoms with Gasteiger partial charge in [0.25, 0.3) is 0 Å². The van der Waals surface area contributed by atoms with E-state index in [0.29, 0.717) is 12.6 Å². The Balaban J connectivity index is 2.01. The van der Waals surface area contributed by atoms with Crippen LogP contribution in [0, 0.1) is 0 Å². The molecular formula is C15H22BrNO2. The first-order valence-electron chi connectivity index (χ1n) is 6.83. The van der Waals surface area contributed by atoms with E-state index < -0.39 is 0 Å². The fourth-order valence-corrected chi connectivity index (χ4v) is 2.62. The van der Waals surface area contributed by atoms with Crippen molar-refractivity contribution in [1.29, 1.82) is 0 Å². The molecule has 0 aliphatic heterocycles. The minimum absolute atomic E-state index is 0.0568. The second-order valence-electron chi connectivity index (χ2n) is 5.09. The smallest absolute Gasteiger partial charge is 0.0964 e. The molecule has 1 saturated carbocycles. The van der Waals surface area contributed by atoms with Crippen LogP contribution in [0.4, 0.5) is 0 Å². The minimum Gasteiger partial charge on any atom is -0.382 e. The molecule has 1 N–H and O–H groups in total. The molecule has 0 bridgehead atoms. The normalized spacial score (nSPS) is 18.3. The molecular weight excluding hydrogens is 306 g/mol. The van der Waals surface area contributed by atoms with Gasteiger partial charge in [-0.05, 0) is 31.4 Å². The number of halogens is 1. The van der Waals surface area contributed by atoms with Crippen molar-refractivity contribution >= 4 is 15.9 Å². The molecule has 1 aliphatic carbocycles. The molecule has 1 fully saturated rings. The van der Waals surface area contributed by atoms with E-state index in [1.54, 1.807) is 7.11 Å². The van der Waals surface area contributed by atoms with Gasteiger partial charge in [0, 0.05) is 24.2 Å². The maximum atomic E-state index is 6.12. The van der Waals surface area contributed by atoms with Gasteiger partial charge in [0.1, 0.15) is 0 Å². The lowest BCUT2D eigenvalue weighted by Gasteiger charge is -2.24. The number of benzene rings is 1. The van der Waals surface area contributed by atoms with Gasteiger partial charge < -0.3 is 14.8 Å². The zero-order chi connectivity index (χ0) is 13.7. The fourth-order valence-electron chi connectivity index (χ4n) is 2.08. The van der Waals surface area contributed by atoms with Crippen molar-refractivity contribution in [2.75, 3.05) is 20.3 Å². The van der Waals surface area contributed by atoms with E-state index in [1.165, 1.54) is 18.4 Å². The predicted molar refractivity (Wildman–Crippen MR) is 80.3 cm³/mol. The molecule has 0 heterocycles. The summed E-state index contributed by atoms with van der Waals surface area (Å²) < 4.78 is 12.4. The molecule has 0 radical (unpaired) electrons. The molecule has 2 rings (SSSR count). The molecule has 2 unspecified atom stereocenters. The van der Waals surface area contributed by atoms with Crippen LogP contribution in [0.2, 0.25) is 0 Å². The van der Waals surface area contributed by atoms with E-state index in [0.717, 1.165) is 11.0 Å². The van der Waals surface area contributed by atoms with Crippen LogP contribution in [0.3, 0.4) is 0 Å². The van der Waals surface area contributed by atoms with E-state index in [2.05, 4.69) is 39.4 Å². The van der Waals surface area contributed by atoms with Crippen LogP contribution in [-0.4, -0.2) is 32.4 Å². The monoisotopic (exact) mass is 327 g/mol. The van der Waals surface area contributed by atoms with Crippen LogP contribution in [-0.2, 0) is 9.47 Å². The second-order valence-corrected chi connectivity index (χ2v) is 5.95. The Hall–Kier alpha value is -0.420. The third kappa shape index (κ3) is 4.88. The average Bonchev–Trinajstić information content (AvgIpc) is 3.19. The van der Waals surface area contributed by atoms with Gasteiger partial charge >= 0.3 is 0 Å². The van der Waals surface area contributed by atoms with Crippen molar-refractivity contribution in [1.82, 2.24) is 5.32 Å². The van der Waals surface area contributed by atoms with Crippen molar-refractivity contribution < 1.29 is 9.47 Å². The van der Waals surface area contributed by atoms with Gasteiger partial charge in [-0.3, -0.25) is 0 Å². The van der Waals surface area contributed by atoms with Crippen LogP contribution in [0.15, 0.2) is 28.7 Å². The van der Waals surface area contributed by atoms with Gasteiger partial charge in [-0.1, -0.05) is 34.1 Å². The Kier molecular flexibility index (Phi) is 5.82. The van der Waals surface area contributed by atoms with E-state index in [1.807, 2.05) is 13.0 Å². The zero-order valence-corrected chi connectivity index (χ0v) is 13.2. The molecule has 1 aromatic rings. The highest BCUT2D eigenvalue weighted by atomic mass is 79.9. The summed E-state index contributed by atoms with van der Waals surface area (Å²) in [6, 6.07) is 8.94. The lowest BCUT2D eigenvalue weighted by atomic mass is 10.1. The lowest BCUT2D eigenvalue weighted by molar-refractivity contribution is -0.0397. The Bertz CT molecular complexity index is 395. The quantitative estimate of drug-likeness (QED) is 0.794. The number of rotatable bonds is 8. The first kappa shape index (κ1) is 15.0. The fraction of sp³-hybridized carbons (Fsp3) is 0.600. The topological polar surface area (TPSA) is 30.5 Å². The standard InChI is InChI=1S/C15H22BrNO2/c1-11(10-18-2)19-15(9-17-12-7-8-12)13-5-3-4-6-14(13)16/h3-6,11-12,15,17H,7-10H2,1-2H3. The minimum atomic E-state index is 0.0568. The second kappa shape index (κ2) is 7.39. The maximum Gasteiger partial charge on any atom is 0.0964 e. The molecule has 0 aromatic heterocycles. The molecule has 3 nitrogen and oxygen atoms in total. The summed E-state index contributed by atoms with van der Waals surface area (Å²) in [5, 5.41) is 3.54. The number of nitrogens with one attached hydrogen (secondary N) is 1. The summed E-state index contributed by atoms with van der Waals surface area (Å²) in [7, 11) is 1.70. The third-order valence-electron chi connectivity index (χ3n) is 3.22. The van der Waals surface area contributed by atoms with Crippen LogP contribution < -0.4 is 5.32 Å². The Labute approximate surface area is 123 Å². The molecule has 0 saturated heterocycles. The molecule has 19 heavy (non-hydrogen) atoms. The highest BCUT2D eigenvalue weighted by molar-refractivity contribution is 9.10. The summed E-state index contributed by atoms with van der Waals surface area (Å²) in [6.07, 6.45) is 2.72. The highest BCUT2D eigenvalue weighted by Crippen LogP contribution is 2.28. The molecule has 1 aliphatic rings. The van der Waals surface area contributed by atoms with Crippen molar-refractivity contribution in [3.05, 3.63) is 34.3 Å². The van der Waals surface area contributed by atoms with Gasteiger partial charge in [0.2, 0.25) is 0 Å². The largest absolute Gasteiger partial charge is 0.382 e. The summed E-state index contributed by atoms with van der Waals surface area (Å²) in [6.45, 7) is 3.51. The van der Waals surface area contributed by atoms with Crippen LogP contribution in [0.5, 0.6) is 0 Å². The predicted octanol–water partition coefficient (Wildman–Crippen LogP) is 3.29. The van der Waals surface area contributed by atoms with Crippen LogP contribution >= 0.6 is 15.9 Å². The van der Waals surface area contributed by atoms with Gasteiger partial charge in [-0.15, -0.1) is 0 Å². The maximum absolute atomic E-state index is 6.12. The van der Waals surface area contributed by atoms with Gasteiger partial charge in [0.05, 0.1) is 18.8 Å². The number of ether oxygens (including phenoxy) is 2. The number of hydrogen-bond acceptors (Lipinski definition) is 3. The number of hydrogen-bond donors (Lipinski definition) is 1. The van der Waals surface area contributed by atoms with Crippen LogP contribution in [0.1, 0.15) is 31.4 Å². The van der Waals surface area contributed by atoms with Gasteiger partial charge in [-0.25, -0.2) is 0 Å². The summed E-state index contributed by atoms with van der Waals surface area (Å²) >= 11 is 3.61. The van der Waals surface area contributed by atoms with E-state index in [-0.39, 0.29) is 12.2 Å². The van der Waals surface area contributed by atoms with E-state index in [4.69, 9.17) is 9.47 Å². The molecule has 4 heteroatoms. The van der Waals surface area contributed by atoms with Crippen molar-refractivity contribution in [3.63, 3.8) is 0 Å². The number of methoxy groups -OCH3 is 1. The molecule has 0 spiro atoms. The Morgan fingerprint density at radius 2 is 2.11 bits per heavy atom. The lowest BCUT2D eigenvalue weighted by Crippen LogP contribution is -2.29. The summed E-state index contributed by atoms with van der Waals surface area (Å²) in [5.74, 6) is 0. The highest BCUT2D eigenvalue weighted by Gasteiger charge is 2.24. The third-order valence-corrected chi connectivity index (χ3v) is 3.94. The van der Waals surface area contributed by atoms with Gasteiger partial charge in [-0.2, -0.15) is 0 Å². The van der Waals surface area contributed by atoms with Gasteiger partial charge in [0.15, 0.2) is 0 Å². The first-order valence-corrected chi connectivity index (χ1v) is 7.62.